The molecular formula is C20H22N2. The van der Waals surface area contributed by atoms with Crippen LogP contribution in [0.4, 0.5) is 0 Å². The molecule has 0 saturated heterocycles. The average molecular weight is 290 g/mol. The van der Waals surface area contributed by atoms with Crippen molar-refractivity contribution in [3.63, 3.8) is 0 Å². The third-order valence-corrected chi connectivity index (χ3v) is 3.45. The van der Waals surface area contributed by atoms with Gasteiger partial charge in [0, 0.05) is 11.3 Å². The Hall–Kier alpha value is -2.61. The lowest BCUT2D eigenvalue weighted by Crippen LogP contribution is -2.29. The largest absolute Gasteiger partial charge is 0.293 e. The smallest absolute Gasteiger partial charge is 0.145 e. The fourth-order valence-corrected chi connectivity index (χ4v) is 2.41. The summed E-state index contributed by atoms with van der Waals surface area (Å²) < 4.78 is 2.15. The van der Waals surface area contributed by atoms with Crippen LogP contribution in [0, 0.1) is 0 Å². The molecule has 0 N–H and O–H groups in total. The SMILES string of the molecule is C=C/C(=C\C=C/C)n1c(-c2ccccc2)nc(=C/C)/c1=C\C. The zero-order chi connectivity index (χ0) is 15.9. The minimum atomic E-state index is 0.928. The molecule has 1 aromatic heterocycles. The first-order chi connectivity index (χ1) is 10.8. The van der Waals surface area contributed by atoms with E-state index in [4.69, 9.17) is 4.98 Å². The van der Waals surface area contributed by atoms with Crippen molar-refractivity contribution in [1.29, 1.82) is 0 Å². The van der Waals surface area contributed by atoms with Crippen LogP contribution in [0.1, 0.15) is 20.8 Å². The van der Waals surface area contributed by atoms with Gasteiger partial charge in [-0.05, 0) is 32.9 Å². The standard InChI is InChI=1S/C20H22N2/c1-5-9-15-17(6-2)22-19(8-4)18(7-3)21-20(22)16-13-11-10-12-14-16/h5-15H,2H2,1,3-4H3/b9-5-,17-15+,18-7+,19-8+. The van der Waals surface area contributed by atoms with Gasteiger partial charge in [-0.2, -0.15) is 0 Å². The summed E-state index contributed by atoms with van der Waals surface area (Å²) in [6, 6.07) is 10.2. The second-order valence-corrected chi connectivity index (χ2v) is 4.81. The molecule has 0 aliphatic carbocycles. The Balaban J connectivity index is 2.86. The van der Waals surface area contributed by atoms with Gasteiger partial charge in [-0.1, -0.05) is 61.2 Å². The topological polar surface area (TPSA) is 17.8 Å². The van der Waals surface area contributed by atoms with E-state index in [0.717, 1.165) is 27.8 Å². The molecule has 0 bridgehead atoms. The predicted molar refractivity (Wildman–Crippen MR) is 96.5 cm³/mol. The van der Waals surface area contributed by atoms with Gasteiger partial charge in [0.15, 0.2) is 0 Å². The molecule has 0 aliphatic rings. The summed E-state index contributed by atoms with van der Waals surface area (Å²) >= 11 is 0. The lowest BCUT2D eigenvalue weighted by atomic mass is 10.2. The molecule has 0 fully saturated rings. The Kier molecular flexibility index (Phi) is 5.31. The molecule has 0 saturated carbocycles. The lowest BCUT2D eigenvalue weighted by molar-refractivity contribution is 1.07. The van der Waals surface area contributed by atoms with Crippen LogP contribution in [0.15, 0.2) is 61.2 Å². The van der Waals surface area contributed by atoms with E-state index < -0.39 is 0 Å². The summed E-state index contributed by atoms with van der Waals surface area (Å²) in [6.45, 7) is 10.0. The van der Waals surface area contributed by atoms with Crippen LogP contribution in [0.25, 0.3) is 29.2 Å². The summed E-state index contributed by atoms with van der Waals surface area (Å²) in [5.74, 6) is 0.928. The normalized spacial score (nSPS) is 14.0. The molecule has 0 spiro atoms. The lowest BCUT2D eigenvalue weighted by Gasteiger charge is -2.09. The van der Waals surface area contributed by atoms with Crippen LogP contribution in [0.5, 0.6) is 0 Å². The molecule has 0 atom stereocenters. The van der Waals surface area contributed by atoms with Crippen molar-refractivity contribution in [2.45, 2.75) is 20.8 Å². The number of nitrogens with zero attached hydrogens (tertiary/aromatic N) is 2. The minimum Gasteiger partial charge on any atom is -0.293 e. The van der Waals surface area contributed by atoms with Crippen molar-refractivity contribution < 1.29 is 0 Å². The van der Waals surface area contributed by atoms with Crippen molar-refractivity contribution in [3.05, 3.63) is 71.9 Å². The number of benzene rings is 1. The summed E-state index contributed by atoms with van der Waals surface area (Å²) in [7, 11) is 0. The first kappa shape index (κ1) is 15.8. The molecule has 2 aromatic rings. The highest BCUT2D eigenvalue weighted by Crippen LogP contribution is 2.18. The summed E-state index contributed by atoms with van der Waals surface area (Å²) in [5.41, 5.74) is 2.09. The maximum atomic E-state index is 4.81. The number of aromatic nitrogens is 2. The highest BCUT2D eigenvalue weighted by molar-refractivity contribution is 5.68. The molecule has 1 heterocycles. The van der Waals surface area contributed by atoms with Gasteiger partial charge in [0.25, 0.3) is 0 Å². The van der Waals surface area contributed by atoms with Crippen molar-refractivity contribution in [2.75, 3.05) is 0 Å². The number of rotatable bonds is 4. The van der Waals surface area contributed by atoms with Gasteiger partial charge in [-0.25, -0.2) is 4.98 Å². The van der Waals surface area contributed by atoms with Crippen LogP contribution in [0.2, 0.25) is 0 Å². The van der Waals surface area contributed by atoms with Gasteiger partial charge in [-0.15, -0.1) is 0 Å². The van der Waals surface area contributed by atoms with Gasteiger partial charge < -0.3 is 0 Å². The number of hydrogen-bond acceptors (Lipinski definition) is 1. The van der Waals surface area contributed by atoms with E-state index in [1.807, 2.05) is 69.4 Å². The molecule has 0 radical (unpaired) electrons. The molecule has 2 rings (SSSR count). The maximum absolute atomic E-state index is 4.81. The molecule has 112 valence electrons. The van der Waals surface area contributed by atoms with E-state index in [-0.39, 0.29) is 0 Å². The maximum Gasteiger partial charge on any atom is 0.145 e. The molecule has 0 amide bonds. The second-order valence-electron chi connectivity index (χ2n) is 4.81. The summed E-state index contributed by atoms with van der Waals surface area (Å²) in [6.07, 6.45) is 12.1. The van der Waals surface area contributed by atoms with E-state index in [1.165, 1.54) is 0 Å². The first-order valence-electron chi connectivity index (χ1n) is 7.49. The number of hydrogen-bond donors (Lipinski definition) is 0. The molecule has 0 aliphatic heterocycles. The van der Waals surface area contributed by atoms with Crippen LogP contribution in [0.3, 0.4) is 0 Å². The fraction of sp³-hybridized carbons (Fsp3) is 0.150. The highest BCUT2D eigenvalue weighted by Gasteiger charge is 2.11. The molecule has 22 heavy (non-hydrogen) atoms. The quantitative estimate of drug-likeness (QED) is 0.784. The zero-order valence-electron chi connectivity index (χ0n) is 13.5. The van der Waals surface area contributed by atoms with Gasteiger partial charge in [0.2, 0.25) is 0 Å². The summed E-state index contributed by atoms with van der Waals surface area (Å²) in [4.78, 5) is 4.81. The Labute approximate surface area is 132 Å². The van der Waals surface area contributed by atoms with Gasteiger partial charge >= 0.3 is 0 Å². The third-order valence-electron chi connectivity index (χ3n) is 3.45. The number of allylic oxidation sites excluding steroid dienone is 5. The Morgan fingerprint density at radius 2 is 1.82 bits per heavy atom. The molecular weight excluding hydrogens is 268 g/mol. The van der Waals surface area contributed by atoms with Crippen molar-refractivity contribution in [3.8, 4) is 11.4 Å². The second kappa shape index (κ2) is 7.41. The molecule has 2 heteroatoms. The average Bonchev–Trinajstić information content (AvgIpc) is 2.95. The van der Waals surface area contributed by atoms with E-state index in [1.54, 1.807) is 0 Å². The Morgan fingerprint density at radius 1 is 1.09 bits per heavy atom. The first-order valence-corrected chi connectivity index (χ1v) is 7.49. The third kappa shape index (κ3) is 3.01. The molecule has 2 nitrogen and oxygen atoms in total. The van der Waals surface area contributed by atoms with Gasteiger partial charge in [0.05, 0.1) is 10.7 Å². The van der Waals surface area contributed by atoms with Crippen LogP contribution in [-0.2, 0) is 0 Å². The van der Waals surface area contributed by atoms with Crippen LogP contribution < -0.4 is 10.7 Å². The van der Waals surface area contributed by atoms with Gasteiger partial charge in [-0.3, -0.25) is 4.57 Å². The van der Waals surface area contributed by atoms with Gasteiger partial charge in [0.1, 0.15) is 5.82 Å². The van der Waals surface area contributed by atoms with Crippen molar-refractivity contribution in [1.82, 2.24) is 9.55 Å². The Morgan fingerprint density at radius 3 is 2.36 bits per heavy atom. The van der Waals surface area contributed by atoms with Crippen molar-refractivity contribution >= 4 is 17.8 Å². The monoisotopic (exact) mass is 290 g/mol. The zero-order valence-corrected chi connectivity index (χ0v) is 13.5. The minimum absolute atomic E-state index is 0.928. The Bertz CT molecular complexity index is 819. The highest BCUT2D eigenvalue weighted by atomic mass is 15.1. The van der Waals surface area contributed by atoms with E-state index in [9.17, 15) is 0 Å². The number of imidazole rings is 1. The molecule has 0 unspecified atom stereocenters. The van der Waals surface area contributed by atoms with Crippen molar-refractivity contribution in [2.24, 2.45) is 0 Å². The predicted octanol–water partition coefficient (Wildman–Crippen LogP) is 3.75. The van der Waals surface area contributed by atoms with Crippen LogP contribution >= 0.6 is 0 Å². The van der Waals surface area contributed by atoms with Crippen LogP contribution in [-0.4, -0.2) is 9.55 Å². The van der Waals surface area contributed by atoms with E-state index in [0.29, 0.717) is 0 Å². The fourth-order valence-electron chi connectivity index (χ4n) is 2.41. The molecule has 1 aromatic carbocycles. The summed E-state index contributed by atoms with van der Waals surface area (Å²) in [5, 5.41) is 2.06. The van der Waals surface area contributed by atoms with E-state index in [2.05, 4.69) is 29.4 Å². The van der Waals surface area contributed by atoms with E-state index >= 15 is 0 Å².